The van der Waals surface area contributed by atoms with Crippen molar-refractivity contribution in [3.63, 3.8) is 0 Å². The van der Waals surface area contributed by atoms with E-state index in [0.29, 0.717) is 13.0 Å². The van der Waals surface area contributed by atoms with Crippen molar-refractivity contribution in [1.82, 2.24) is 4.98 Å². The molecule has 0 fully saturated rings. The second kappa shape index (κ2) is 6.16. The third kappa shape index (κ3) is 3.53. The Bertz CT molecular complexity index is 767. The van der Waals surface area contributed by atoms with Crippen LogP contribution < -0.4 is 4.90 Å². The van der Waals surface area contributed by atoms with E-state index >= 15 is 0 Å². The highest BCUT2D eigenvalue weighted by Gasteiger charge is 2.34. The molecule has 8 heteroatoms. The predicted molar refractivity (Wildman–Crippen MR) is 85.7 cm³/mol. The maximum Gasteiger partial charge on any atom is 0.447 e. The van der Waals surface area contributed by atoms with Crippen LogP contribution in [-0.2, 0) is 6.42 Å². The highest BCUT2D eigenvalue weighted by molar-refractivity contribution is 9.10. The first-order chi connectivity index (χ1) is 10.8. The molecule has 0 radical (unpaired) electrons. The molecule has 1 aliphatic rings. The van der Waals surface area contributed by atoms with Gasteiger partial charge in [-0.1, -0.05) is 15.9 Å². The molecule has 3 nitrogen and oxygen atoms in total. The van der Waals surface area contributed by atoms with Crippen LogP contribution in [0.25, 0.3) is 0 Å². The van der Waals surface area contributed by atoms with Crippen LogP contribution >= 0.6 is 27.7 Å². The van der Waals surface area contributed by atoms with Gasteiger partial charge in [-0.25, -0.2) is 4.98 Å². The minimum Gasteiger partial charge on any atom is -0.308 e. The summed E-state index contributed by atoms with van der Waals surface area (Å²) in [5.41, 5.74) is -2.81. The summed E-state index contributed by atoms with van der Waals surface area (Å²) in [6.45, 7) is 0.440. The number of amides is 1. The Morgan fingerprint density at radius 3 is 2.83 bits per heavy atom. The second-order valence-corrected chi connectivity index (χ2v) is 6.85. The minimum atomic E-state index is -4.49. The van der Waals surface area contributed by atoms with Gasteiger partial charge in [0.1, 0.15) is 5.03 Å². The summed E-state index contributed by atoms with van der Waals surface area (Å²) in [5, 5.41) is -0.324. The molecular weight excluding hydrogens is 393 g/mol. The fourth-order valence-corrected chi connectivity index (χ4v) is 3.48. The molecule has 23 heavy (non-hydrogen) atoms. The van der Waals surface area contributed by atoms with Gasteiger partial charge in [0.05, 0.1) is 5.56 Å². The van der Waals surface area contributed by atoms with Crippen LogP contribution in [0.2, 0.25) is 0 Å². The van der Waals surface area contributed by atoms with Gasteiger partial charge < -0.3 is 4.90 Å². The number of thioether (sulfide) groups is 1. The van der Waals surface area contributed by atoms with Gasteiger partial charge in [-0.15, -0.1) is 0 Å². The Labute approximate surface area is 143 Å². The third-order valence-corrected chi connectivity index (χ3v) is 4.64. The van der Waals surface area contributed by atoms with E-state index in [2.05, 4.69) is 20.9 Å². The van der Waals surface area contributed by atoms with Crippen LogP contribution in [0.1, 0.15) is 15.9 Å². The Balaban J connectivity index is 1.94. The highest BCUT2D eigenvalue weighted by Crippen LogP contribution is 2.38. The number of benzene rings is 1. The van der Waals surface area contributed by atoms with Crippen molar-refractivity contribution in [3.05, 3.63) is 52.1 Å². The minimum absolute atomic E-state index is 0.0365. The average molecular weight is 403 g/mol. The van der Waals surface area contributed by atoms with Gasteiger partial charge in [0, 0.05) is 34.7 Å². The molecule has 0 saturated heterocycles. The number of halogens is 4. The number of nitrogens with zero attached hydrogens (tertiary/aromatic N) is 2. The number of rotatable bonds is 2. The lowest BCUT2D eigenvalue weighted by Gasteiger charge is -2.19. The largest absolute Gasteiger partial charge is 0.447 e. The summed E-state index contributed by atoms with van der Waals surface area (Å²) in [6.07, 6.45) is 1.92. The lowest BCUT2D eigenvalue weighted by Crippen LogP contribution is -2.29. The van der Waals surface area contributed by atoms with Crippen LogP contribution in [0.5, 0.6) is 0 Å². The predicted octanol–water partition coefficient (Wildman–Crippen LogP) is 4.66. The molecule has 120 valence electrons. The Hall–Kier alpha value is -1.54. The average Bonchev–Trinajstić information content (AvgIpc) is 2.88. The van der Waals surface area contributed by atoms with E-state index in [1.165, 1.54) is 23.2 Å². The number of anilines is 1. The number of hydrogen-bond donors (Lipinski definition) is 0. The van der Waals surface area contributed by atoms with E-state index in [4.69, 9.17) is 0 Å². The third-order valence-electron chi connectivity index (χ3n) is 3.40. The lowest BCUT2D eigenvalue weighted by molar-refractivity contribution is -0.0329. The maximum absolute atomic E-state index is 12.7. The van der Waals surface area contributed by atoms with Crippen molar-refractivity contribution in [2.45, 2.75) is 17.0 Å². The standard InChI is InChI=1S/C15H10BrF3N2OS/c16-10-3-4-12-9(8-10)5-7-21(12)14(22)11-2-1-6-20-13(11)23-15(17,18)19/h1-4,6,8H,5,7H2. The zero-order valence-corrected chi connectivity index (χ0v) is 14.0. The van der Waals surface area contributed by atoms with E-state index in [9.17, 15) is 18.0 Å². The zero-order valence-electron chi connectivity index (χ0n) is 11.6. The first kappa shape index (κ1) is 16.3. The monoisotopic (exact) mass is 402 g/mol. The molecule has 1 aromatic heterocycles. The van der Waals surface area contributed by atoms with Crippen molar-refractivity contribution in [2.75, 3.05) is 11.4 Å². The van der Waals surface area contributed by atoms with E-state index < -0.39 is 11.4 Å². The summed E-state index contributed by atoms with van der Waals surface area (Å²) >= 11 is 3.00. The molecule has 0 spiro atoms. The number of carbonyl (C=O) groups is 1. The Kier molecular flexibility index (Phi) is 4.37. The van der Waals surface area contributed by atoms with Crippen LogP contribution in [0.4, 0.5) is 18.9 Å². The topological polar surface area (TPSA) is 33.2 Å². The van der Waals surface area contributed by atoms with Gasteiger partial charge >= 0.3 is 5.51 Å². The molecule has 1 aromatic carbocycles. The second-order valence-electron chi connectivity index (χ2n) is 4.88. The summed E-state index contributed by atoms with van der Waals surface area (Å²) in [4.78, 5) is 17.9. The van der Waals surface area contributed by atoms with Gasteiger partial charge in [-0.05, 0) is 42.3 Å². The van der Waals surface area contributed by atoms with Gasteiger partial charge in [-0.2, -0.15) is 13.2 Å². The Morgan fingerprint density at radius 2 is 2.09 bits per heavy atom. The van der Waals surface area contributed by atoms with Crippen molar-refractivity contribution in [1.29, 1.82) is 0 Å². The summed E-state index contributed by atoms with van der Waals surface area (Å²) in [7, 11) is 0. The maximum atomic E-state index is 12.7. The van der Waals surface area contributed by atoms with Gasteiger partial charge in [-0.3, -0.25) is 4.79 Å². The molecule has 0 saturated carbocycles. The molecule has 0 atom stereocenters. The summed E-state index contributed by atoms with van der Waals surface area (Å²) < 4.78 is 38.8. The molecule has 0 N–H and O–H groups in total. The number of carbonyl (C=O) groups excluding carboxylic acids is 1. The normalized spacial score (nSPS) is 14.0. The number of aromatic nitrogens is 1. The van der Waals surface area contributed by atoms with Crippen LogP contribution in [0, 0.1) is 0 Å². The van der Waals surface area contributed by atoms with Crippen LogP contribution in [0.15, 0.2) is 46.0 Å². The number of fused-ring (bicyclic) bond motifs is 1. The van der Waals surface area contributed by atoms with Gasteiger partial charge in [0.2, 0.25) is 0 Å². The molecule has 2 aromatic rings. The Morgan fingerprint density at radius 1 is 1.30 bits per heavy atom. The first-order valence-electron chi connectivity index (χ1n) is 6.66. The highest BCUT2D eigenvalue weighted by atomic mass is 79.9. The van der Waals surface area contributed by atoms with Crippen LogP contribution in [0.3, 0.4) is 0 Å². The molecule has 0 unspecified atom stereocenters. The summed E-state index contributed by atoms with van der Waals surface area (Å²) in [5.74, 6) is -0.467. The van der Waals surface area contributed by atoms with Crippen molar-refractivity contribution in [2.24, 2.45) is 0 Å². The van der Waals surface area contributed by atoms with Crippen LogP contribution in [-0.4, -0.2) is 22.9 Å². The molecule has 0 bridgehead atoms. The number of pyridine rings is 1. The molecule has 1 aliphatic heterocycles. The SMILES string of the molecule is O=C(c1cccnc1SC(F)(F)F)N1CCc2cc(Br)ccc21. The lowest BCUT2D eigenvalue weighted by atomic mass is 10.2. The number of hydrogen-bond acceptors (Lipinski definition) is 3. The van der Waals surface area contributed by atoms with E-state index in [1.807, 2.05) is 6.07 Å². The van der Waals surface area contributed by atoms with E-state index in [1.54, 1.807) is 12.1 Å². The molecule has 1 amide bonds. The molecule has 3 rings (SSSR count). The van der Waals surface area contributed by atoms with Crippen molar-refractivity contribution in [3.8, 4) is 0 Å². The van der Waals surface area contributed by atoms with Gasteiger partial charge in [0.15, 0.2) is 0 Å². The quantitative estimate of drug-likeness (QED) is 0.684. The van der Waals surface area contributed by atoms with Gasteiger partial charge in [0.25, 0.3) is 5.91 Å². The van der Waals surface area contributed by atoms with E-state index in [-0.39, 0.29) is 22.4 Å². The number of alkyl halides is 3. The fourth-order valence-electron chi connectivity index (χ4n) is 2.47. The first-order valence-corrected chi connectivity index (χ1v) is 8.27. The van der Waals surface area contributed by atoms with E-state index in [0.717, 1.165) is 15.7 Å². The van der Waals surface area contributed by atoms with Crippen molar-refractivity contribution < 1.29 is 18.0 Å². The molecular formula is C15H10BrF3N2OS. The fraction of sp³-hybridized carbons (Fsp3) is 0.200. The smallest absolute Gasteiger partial charge is 0.308 e. The van der Waals surface area contributed by atoms with Crippen molar-refractivity contribution >= 4 is 39.3 Å². The molecule has 0 aliphatic carbocycles. The zero-order chi connectivity index (χ0) is 16.6. The summed E-state index contributed by atoms with van der Waals surface area (Å²) in [6, 6.07) is 8.35. The molecule has 2 heterocycles.